The zero-order valence-corrected chi connectivity index (χ0v) is 23.4. The monoisotopic (exact) mass is 503 g/mol. The fourth-order valence-electron chi connectivity index (χ4n) is 3.28. The minimum atomic E-state index is -3.73. The summed E-state index contributed by atoms with van der Waals surface area (Å²) in [5.41, 5.74) is 2.06. The summed E-state index contributed by atoms with van der Waals surface area (Å²) in [7, 11) is -5.68. The molecule has 0 aliphatic rings. The van der Waals surface area contributed by atoms with Crippen LogP contribution in [-0.2, 0) is 25.8 Å². The molecule has 0 aromatic heterocycles. The average Bonchev–Trinajstić information content (AvgIpc) is 2.76. The lowest BCUT2D eigenvalue weighted by Gasteiger charge is -2.37. The lowest BCUT2D eigenvalue weighted by molar-refractivity contribution is 0.0701. The standard InChI is InChI=1S/C27H41NO4SSi/c1-8-19-28(33(29,30)26-16-14-23(2)15-17-26)25(18-20-32-34(6,7)27(3,4)5)22-31-21-24-12-10-9-11-13-24/h8-17,25H,1,18-22H2,2-7H3/t25-/m0/s1. The van der Waals surface area contributed by atoms with Gasteiger partial charge in [-0.15, -0.1) is 6.58 Å². The molecule has 0 spiro atoms. The van der Waals surface area contributed by atoms with E-state index in [1.54, 1.807) is 18.2 Å². The van der Waals surface area contributed by atoms with Crippen molar-refractivity contribution in [1.29, 1.82) is 0 Å². The average molecular weight is 504 g/mol. The third-order valence-corrected chi connectivity index (χ3v) is 13.0. The normalized spacial score (nSPS) is 13.7. The van der Waals surface area contributed by atoms with Crippen molar-refractivity contribution in [3.05, 3.63) is 78.4 Å². The van der Waals surface area contributed by atoms with Crippen LogP contribution < -0.4 is 0 Å². The van der Waals surface area contributed by atoms with Gasteiger partial charge in [0.2, 0.25) is 10.0 Å². The molecule has 34 heavy (non-hydrogen) atoms. The highest BCUT2D eigenvalue weighted by molar-refractivity contribution is 7.89. The summed E-state index contributed by atoms with van der Waals surface area (Å²) in [5, 5.41) is 0.0844. The van der Waals surface area contributed by atoms with Gasteiger partial charge in [-0.3, -0.25) is 0 Å². The maximum atomic E-state index is 13.6. The van der Waals surface area contributed by atoms with E-state index in [0.717, 1.165) is 11.1 Å². The van der Waals surface area contributed by atoms with E-state index in [-0.39, 0.29) is 29.1 Å². The number of nitrogens with zero attached hydrogens (tertiary/aromatic N) is 1. The van der Waals surface area contributed by atoms with Gasteiger partial charge < -0.3 is 9.16 Å². The minimum Gasteiger partial charge on any atom is -0.417 e. The number of rotatable bonds is 13. The van der Waals surface area contributed by atoms with Crippen LogP contribution in [0.25, 0.3) is 0 Å². The molecule has 5 nitrogen and oxygen atoms in total. The van der Waals surface area contributed by atoms with Crippen LogP contribution in [0.4, 0.5) is 0 Å². The molecule has 0 aliphatic heterocycles. The second-order valence-electron chi connectivity index (χ2n) is 10.2. The molecule has 2 aromatic rings. The van der Waals surface area contributed by atoms with Crippen molar-refractivity contribution in [1.82, 2.24) is 4.31 Å². The molecular weight excluding hydrogens is 462 g/mol. The zero-order valence-electron chi connectivity index (χ0n) is 21.6. The van der Waals surface area contributed by atoms with Crippen molar-refractivity contribution in [2.45, 2.75) is 69.8 Å². The molecule has 1 atom stereocenters. The van der Waals surface area contributed by atoms with Gasteiger partial charge in [-0.05, 0) is 49.2 Å². The Kier molecular flexibility index (Phi) is 10.3. The molecule has 0 saturated carbocycles. The van der Waals surface area contributed by atoms with Gasteiger partial charge in [0.25, 0.3) is 0 Å². The molecule has 0 fully saturated rings. The van der Waals surface area contributed by atoms with Crippen LogP contribution >= 0.6 is 0 Å². The molecule has 0 heterocycles. The van der Waals surface area contributed by atoms with Crippen molar-refractivity contribution in [3.8, 4) is 0 Å². The SMILES string of the molecule is C=CCN([C@@H](CCO[Si](C)(C)C(C)(C)C)COCc1ccccc1)S(=O)(=O)c1ccc(C)cc1. The lowest BCUT2D eigenvalue weighted by atomic mass is 10.2. The molecule has 7 heteroatoms. The lowest BCUT2D eigenvalue weighted by Crippen LogP contribution is -2.45. The van der Waals surface area contributed by atoms with Gasteiger partial charge in [0.1, 0.15) is 0 Å². The fraction of sp³-hybridized carbons (Fsp3) is 0.481. The van der Waals surface area contributed by atoms with E-state index in [9.17, 15) is 8.42 Å². The summed E-state index contributed by atoms with van der Waals surface area (Å²) in [6, 6.07) is 16.5. The number of ether oxygens (including phenoxy) is 1. The van der Waals surface area contributed by atoms with E-state index in [2.05, 4.69) is 40.4 Å². The molecule has 2 aromatic carbocycles. The largest absolute Gasteiger partial charge is 0.417 e. The van der Waals surface area contributed by atoms with Crippen LogP contribution in [0.2, 0.25) is 18.1 Å². The van der Waals surface area contributed by atoms with E-state index in [0.29, 0.717) is 19.6 Å². The Morgan fingerprint density at radius 2 is 1.68 bits per heavy atom. The topological polar surface area (TPSA) is 55.8 Å². The van der Waals surface area contributed by atoms with E-state index >= 15 is 0 Å². The number of benzene rings is 2. The van der Waals surface area contributed by atoms with E-state index in [1.807, 2.05) is 49.4 Å². The molecule has 0 N–H and O–H groups in total. The highest BCUT2D eigenvalue weighted by Gasteiger charge is 2.38. The summed E-state index contributed by atoms with van der Waals surface area (Å²) in [6.45, 7) is 18.1. The Bertz CT molecular complexity index is 999. The van der Waals surface area contributed by atoms with Gasteiger partial charge in [0, 0.05) is 13.2 Å². The molecule has 188 valence electrons. The number of hydrogen-bond donors (Lipinski definition) is 0. The minimum absolute atomic E-state index is 0.0844. The highest BCUT2D eigenvalue weighted by Crippen LogP contribution is 2.36. The quantitative estimate of drug-likeness (QED) is 0.242. The maximum absolute atomic E-state index is 13.6. The molecular formula is C27H41NO4SSi. The maximum Gasteiger partial charge on any atom is 0.243 e. The van der Waals surface area contributed by atoms with Crippen molar-refractivity contribution in [3.63, 3.8) is 0 Å². The van der Waals surface area contributed by atoms with E-state index in [4.69, 9.17) is 9.16 Å². The van der Waals surface area contributed by atoms with E-state index in [1.165, 1.54) is 4.31 Å². The van der Waals surface area contributed by atoms with Crippen LogP contribution in [0.5, 0.6) is 0 Å². The molecule has 0 aliphatic carbocycles. The van der Waals surface area contributed by atoms with Crippen LogP contribution in [0.3, 0.4) is 0 Å². The second kappa shape index (κ2) is 12.3. The molecule has 0 saturated heterocycles. The first kappa shape index (κ1) is 28.5. The number of hydrogen-bond acceptors (Lipinski definition) is 4. The van der Waals surface area contributed by atoms with E-state index < -0.39 is 18.3 Å². The van der Waals surface area contributed by atoms with Crippen LogP contribution in [0, 0.1) is 6.92 Å². The van der Waals surface area contributed by atoms with Crippen LogP contribution in [-0.4, -0.2) is 46.8 Å². The first-order valence-corrected chi connectivity index (χ1v) is 16.2. The Morgan fingerprint density at radius 1 is 1.06 bits per heavy atom. The molecule has 0 radical (unpaired) electrons. The molecule has 0 unspecified atom stereocenters. The van der Waals surface area contributed by atoms with Gasteiger partial charge in [-0.25, -0.2) is 8.42 Å². The fourth-order valence-corrected chi connectivity index (χ4v) is 5.95. The Hall–Kier alpha value is -1.77. The summed E-state index contributed by atoms with van der Waals surface area (Å²) >= 11 is 0. The summed E-state index contributed by atoms with van der Waals surface area (Å²) in [5.74, 6) is 0. The Morgan fingerprint density at radius 3 is 2.24 bits per heavy atom. The third kappa shape index (κ3) is 7.88. The van der Waals surface area contributed by atoms with Crippen molar-refractivity contribution >= 4 is 18.3 Å². The predicted molar refractivity (Wildman–Crippen MR) is 143 cm³/mol. The van der Waals surface area contributed by atoms with Gasteiger partial charge in [0.05, 0.1) is 24.2 Å². The molecule has 2 rings (SSSR count). The van der Waals surface area contributed by atoms with Gasteiger partial charge in [-0.1, -0.05) is 74.9 Å². The second-order valence-corrected chi connectivity index (χ2v) is 16.9. The summed E-state index contributed by atoms with van der Waals surface area (Å²) in [4.78, 5) is 0.276. The molecule has 0 amide bonds. The smallest absolute Gasteiger partial charge is 0.243 e. The first-order chi connectivity index (χ1) is 15.9. The Balaban J connectivity index is 2.25. The highest BCUT2D eigenvalue weighted by atomic mass is 32.2. The van der Waals surface area contributed by atoms with Gasteiger partial charge >= 0.3 is 0 Å². The van der Waals surface area contributed by atoms with Gasteiger partial charge in [0.15, 0.2) is 8.32 Å². The zero-order chi connectivity index (χ0) is 25.4. The number of aryl methyl sites for hydroxylation is 1. The summed E-state index contributed by atoms with van der Waals surface area (Å²) in [6.07, 6.45) is 2.17. The van der Waals surface area contributed by atoms with Crippen LogP contribution in [0.15, 0.2) is 72.1 Å². The van der Waals surface area contributed by atoms with Gasteiger partial charge in [-0.2, -0.15) is 4.31 Å². The first-order valence-electron chi connectivity index (χ1n) is 11.8. The summed E-state index contributed by atoms with van der Waals surface area (Å²) < 4.78 is 41.2. The van der Waals surface area contributed by atoms with Crippen molar-refractivity contribution < 1.29 is 17.6 Å². The molecule has 0 bridgehead atoms. The van der Waals surface area contributed by atoms with Crippen LogP contribution in [0.1, 0.15) is 38.3 Å². The predicted octanol–water partition coefficient (Wildman–Crippen LogP) is 6.17. The van der Waals surface area contributed by atoms with Crippen molar-refractivity contribution in [2.24, 2.45) is 0 Å². The Labute approximate surface area is 208 Å². The number of sulfonamides is 1. The third-order valence-electron chi connectivity index (χ3n) is 6.49. The van der Waals surface area contributed by atoms with Crippen molar-refractivity contribution in [2.75, 3.05) is 19.8 Å².